The first-order valence-corrected chi connectivity index (χ1v) is 4.70. The zero-order valence-corrected chi connectivity index (χ0v) is 7.60. The fourth-order valence-corrected chi connectivity index (χ4v) is 1.20. The van der Waals surface area contributed by atoms with Crippen molar-refractivity contribution in [3.8, 4) is 0 Å². The molecule has 1 rings (SSSR count). The van der Waals surface area contributed by atoms with E-state index in [1.54, 1.807) is 0 Å². The number of Topliss-reactive ketones (excluding diaryl/α,β-unsaturated/α-hetero) is 1. The van der Waals surface area contributed by atoms with Crippen molar-refractivity contribution in [1.82, 2.24) is 0 Å². The summed E-state index contributed by atoms with van der Waals surface area (Å²) in [5.41, 5.74) is 0. The highest BCUT2D eigenvalue weighted by Crippen LogP contribution is 2.33. The Morgan fingerprint density at radius 2 is 2.09 bits per heavy atom. The van der Waals surface area contributed by atoms with E-state index in [0.717, 1.165) is 25.2 Å². The minimum absolute atomic E-state index is 0.487. The Balaban J connectivity index is 2.00. The lowest BCUT2D eigenvalue weighted by atomic mass is 10.0. The lowest BCUT2D eigenvalue weighted by Gasteiger charge is -2.02. The first kappa shape index (κ1) is 8.76. The van der Waals surface area contributed by atoms with E-state index in [0.29, 0.717) is 11.7 Å². The normalized spacial score (nSPS) is 17.4. The summed E-state index contributed by atoms with van der Waals surface area (Å²) in [7, 11) is 0. The summed E-state index contributed by atoms with van der Waals surface area (Å²) in [5, 5.41) is 0. The van der Waals surface area contributed by atoms with Crippen LogP contribution in [0.2, 0.25) is 0 Å². The summed E-state index contributed by atoms with van der Waals surface area (Å²) in [6.45, 7) is 4.34. The summed E-state index contributed by atoms with van der Waals surface area (Å²) in [6.07, 6.45) is 5.35. The van der Waals surface area contributed by atoms with Crippen molar-refractivity contribution >= 4 is 5.78 Å². The fraction of sp³-hybridized carbons (Fsp3) is 0.900. The Morgan fingerprint density at radius 1 is 1.45 bits per heavy atom. The molecule has 0 aromatic heterocycles. The third-order valence-electron chi connectivity index (χ3n) is 2.21. The highest BCUT2D eigenvalue weighted by molar-refractivity contribution is 5.78. The van der Waals surface area contributed by atoms with Crippen LogP contribution < -0.4 is 0 Å². The molecule has 1 aliphatic carbocycles. The van der Waals surface area contributed by atoms with Crippen molar-refractivity contribution in [1.29, 1.82) is 0 Å². The summed E-state index contributed by atoms with van der Waals surface area (Å²) in [5.74, 6) is 1.94. The topological polar surface area (TPSA) is 17.1 Å². The molecule has 0 aromatic carbocycles. The van der Waals surface area contributed by atoms with Crippen LogP contribution in [0.4, 0.5) is 0 Å². The molecule has 0 heterocycles. The van der Waals surface area contributed by atoms with E-state index < -0.39 is 0 Å². The molecule has 0 saturated heterocycles. The largest absolute Gasteiger partial charge is 0.300 e. The van der Waals surface area contributed by atoms with Gasteiger partial charge in [-0.3, -0.25) is 4.79 Å². The van der Waals surface area contributed by atoms with Crippen LogP contribution in [0.3, 0.4) is 0 Å². The van der Waals surface area contributed by atoms with Gasteiger partial charge in [-0.2, -0.15) is 0 Å². The summed E-state index contributed by atoms with van der Waals surface area (Å²) in [4.78, 5) is 11.2. The number of hydrogen-bond donors (Lipinski definition) is 0. The van der Waals surface area contributed by atoms with Crippen molar-refractivity contribution in [2.75, 3.05) is 0 Å². The molecule has 1 fully saturated rings. The quantitative estimate of drug-likeness (QED) is 0.595. The van der Waals surface area contributed by atoms with Gasteiger partial charge in [0.05, 0.1) is 0 Å². The van der Waals surface area contributed by atoms with Crippen LogP contribution in [0.25, 0.3) is 0 Å². The Hall–Kier alpha value is -0.330. The third-order valence-corrected chi connectivity index (χ3v) is 2.21. The van der Waals surface area contributed by atoms with E-state index >= 15 is 0 Å². The van der Waals surface area contributed by atoms with Crippen molar-refractivity contribution < 1.29 is 4.79 Å². The van der Waals surface area contributed by atoms with Crippen molar-refractivity contribution in [2.24, 2.45) is 11.8 Å². The van der Waals surface area contributed by atoms with Crippen LogP contribution in [0.15, 0.2) is 0 Å². The summed E-state index contributed by atoms with van der Waals surface area (Å²) >= 11 is 0. The van der Waals surface area contributed by atoms with E-state index in [9.17, 15) is 4.79 Å². The Bertz CT molecular complexity index is 134. The molecule has 0 amide bonds. The zero-order chi connectivity index (χ0) is 8.27. The molecule has 11 heavy (non-hydrogen) atoms. The van der Waals surface area contributed by atoms with Crippen LogP contribution in [0.1, 0.15) is 46.0 Å². The zero-order valence-electron chi connectivity index (χ0n) is 7.60. The van der Waals surface area contributed by atoms with Crippen LogP contribution in [0, 0.1) is 11.8 Å². The van der Waals surface area contributed by atoms with Crippen molar-refractivity contribution in [2.45, 2.75) is 46.0 Å². The van der Waals surface area contributed by atoms with Crippen molar-refractivity contribution in [3.63, 3.8) is 0 Å². The monoisotopic (exact) mass is 154 g/mol. The molecule has 0 atom stereocenters. The van der Waals surface area contributed by atoms with Gasteiger partial charge in [-0.05, 0) is 31.1 Å². The predicted molar refractivity (Wildman–Crippen MR) is 46.4 cm³/mol. The maximum atomic E-state index is 11.2. The number of rotatable bonds is 5. The first-order valence-electron chi connectivity index (χ1n) is 4.70. The van der Waals surface area contributed by atoms with Gasteiger partial charge < -0.3 is 0 Å². The van der Waals surface area contributed by atoms with Crippen LogP contribution in [0.5, 0.6) is 0 Å². The molecule has 0 aliphatic heterocycles. The van der Waals surface area contributed by atoms with Gasteiger partial charge in [-0.25, -0.2) is 0 Å². The lowest BCUT2D eigenvalue weighted by molar-refractivity contribution is -0.119. The van der Waals surface area contributed by atoms with Crippen LogP contribution in [-0.4, -0.2) is 5.78 Å². The van der Waals surface area contributed by atoms with E-state index in [1.165, 1.54) is 12.8 Å². The molecule has 0 bridgehead atoms. The molecule has 0 unspecified atom stereocenters. The van der Waals surface area contributed by atoms with Gasteiger partial charge in [0, 0.05) is 12.8 Å². The molecule has 1 aliphatic rings. The van der Waals surface area contributed by atoms with Crippen LogP contribution >= 0.6 is 0 Å². The van der Waals surface area contributed by atoms with Gasteiger partial charge in [0.25, 0.3) is 0 Å². The van der Waals surface area contributed by atoms with Gasteiger partial charge in [0.1, 0.15) is 5.78 Å². The molecular formula is C10H18O. The van der Waals surface area contributed by atoms with Gasteiger partial charge in [0.15, 0.2) is 0 Å². The number of hydrogen-bond acceptors (Lipinski definition) is 1. The van der Waals surface area contributed by atoms with E-state index in [-0.39, 0.29) is 0 Å². The standard InChI is InChI=1S/C10H18O/c1-8(2)3-6-10(11)7-9-4-5-9/h8-9H,3-7H2,1-2H3. The molecule has 1 saturated carbocycles. The van der Waals surface area contributed by atoms with Gasteiger partial charge in [-0.15, -0.1) is 0 Å². The smallest absolute Gasteiger partial charge is 0.133 e. The molecular weight excluding hydrogens is 136 g/mol. The van der Waals surface area contributed by atoms with E-state index in [2.05, 4.69) is 13.8 Å². The van der Waals surface area contributed by atoms with Gasteiger partial charge >= 0.3 is 0 Å². The van der Waals surface area contributed by atoms with E-state index in [4.69, 9.17) is 0 Å². The molecule has 0 radical (unpaired) electrons. The number of carbonyl (C=O) groups excluding carboxylic acids is 1. The van der Waals surface area contributed by atoms with Gasteiger partial charge in [-0.1, -0.05) is 13.8 Å². The predicted octanol–water partition coefficient (Wildman–Crippen LogP) is 2.79. The molecule has 0 N–H and O–H groups in total. The van der Waals surface area contributed by atoms with Crippen molar-refractivity contribution in [3.05, 3.63) is 0 Å². The lowest BCUT2D eigenvalue weighted by Crippen LogP contribution is -2.00. The number of carbonyl (C=O) groups is 1. The number of ketones is 1. The first-order chi connectivity index (χ1) is 5.18. The Morgan fingerprint density at radius 3 is 2.55 bits per heavy atom. The molecule has 1 nitrogen and oxygen atoms in total. The Kier molecular flexibility index (Phi) is 3.10. The highest BCUT2D eigenvalue weighted by Gasteiger charge is 2.23. The second kappa shape index (κ2) is 3.89. The molecule has 64 valence electrons. The average Bonchev–Trinajstić information content (AvgIpc) is 2.67. The van der Waals surface area contributed by atoms with Gasteiger partial charge in [0.2, 0.25) is 0 Å². The van der Waals surface area contributed by atoms with E-state index in [1.807, 2.05) is 0 Å². The fourth-order valence-electron chi connectivity index (χ4n) is 1.20. The maximum absolute atomic E-state index is 11.2. The average molecular weight is 154 g/mol. The second-order valence-corrected chi connectivity index (χ2v) is 4.12. The highest BCUT2D eigenvalue weighted by atomic mass is 16.1. The summed E-state index contributed by atoms with van der Waals surface area (Å²) in [6, 6.07) is 0. The molecule has 1 heteroatoms. The minimum Gasteiger partial charge on any atom is -0.300 e. The maximum Gasteiger partial charge on any atom is 0.133 e. The van der Waals surface area contributed by atoms with Crippen LogP contribution in [-0.2, 0) is 4.79 Å². The Labute approximate surface area is 69.2 Å². The SMILES string of the molecule is CC(C)CCC(=O)CC1CC1. The molecule has 0 spiro atoms. The summed E-state index contributed by atoms with van der Waals surface area (Å²) < 4.78 is 0. The molecule has 0 aromatic rings. The third kappa shape index (κ3) is 4.18. The second-order valence-electron chi connectivity index (χ2n) is 4.12. The minimum atomic E-state index is 0.487.